The van der Waals surface area contributed by atoms with E-state index in [1.54, 1.807) is 54.6 Å². The van der Waals surface area contributed by atoms with Gasteiger partial charge in [-0.05, 0) is 28.8 Å². The second-order valence-corrected chi connectivity index (χ2v) is 10.6. The van der Waals surface area contributed by atoms with Crippen LogP contribution in [0.1, 0.15) is 11.6 Å². The Morgan fingerprint density at radius 1 is 0.909 bits per heavy atom. The topological polar surface area (TPSA) is 110 Å². The van der Waals surface area contributed by atoms with Crippen LogP contribution in [-0.4, -0.2) is 42.2 Å². The van der Waals surface area contributed by atoms with Crippen LogP contribution < -0.4 is 11.1 Å². The van der Waals surface area contributed by atoms with E-state index in [9.17, 15) is 18.0 Å². The smallest absolute Gasteiger partial charge is 0.249 e. The van der Waals surface area contributed by atoms with Crippen LogP contribution in [0.5, 0.6) is 0 Å². The van der Waals surface area contributed by atoms with Gasteiger partial charge in [0.2, 0.25) is 21.8 Å². The Labute approximate surface area is 197 Å². The molecule has 3 N–H and O–H groups in total. The number of nitrogens with zero attached hydrogens (tertiary/aromatic N) is 1. The molecule has 1 aliphatic heterocycles. The molecule has 170 valence electrons. The molecular formula is C24H23N3O4S2. The lowest BCUT2D eigenvalue weighted by atomic mass is 10.1. The third-order valence-electron chi connectivity index (χ3n) is 5.35. The first-order valence-corrected chi connectivity index (χ1v) is 12.8. The molecule has 3 aromatic carbocycles. The van der Waals surface area contributed by atoms with Gasteiger partial charge in [0.1, 0.15) is 11.4 Å². The maximum absolute atomic E-state index is 13.3. The van der Waals surface area contributed by atoms with Crippen molar-refractivity contribution in [3.05, 3.63) is 90.5 Å². The Morgan fingerprint density at radius 2 is 1.48 bits per heavy atom. The number of amides is 2. The summed E-state index contributed by atoms with van der Waals surface area (Å²) in [6.07, 6.45) is 0. The molecular weight excluding hydrogens is 458 g/mol. The van der Waals surface area contributed by atoms with Crippen molar-refractivity contribution in [1.29, 1.82) is 0 Å². The summed E-state index contributed by atoms with van der Waals surface area (Å²) < 4.78 is 27.8. The summed E-state index contributed by atoms with van der Waals surface area (Å²) in [5, 5.41) is 1.63. The van der Waals surface area contributed by atoms with E-state index in [1.165, 1.54) is 16.1 Å². The van der Waals surface area contributed by atoms with Gasteiger partial charge in [-0.2, -0.15) is 4.31 Å². The molecule has 2 atom stereocenters. The van der Waals surface area contributed by atoms with Gasteiger partial charge < -0.3 is 11.1 Å². The molecule has 2 amide bonds. The van der Waals surface area contributed by atoms with Gasteiger partial charge >= 0.3 is 0 Å². The predicted molar refractivity (Wildman–Crippen MR) is 129 cm³/mol. The molecule has 7 nitrogen and oxygen atoms in total. The summed E-state index contributed by atoms with van der Waals surface area (Å²) in [6, 6.07) is 23.8. The molecule has 4 rings (SSSR count). The number of nitrogens with one attached hydrogen (secondary N) is 1. The van der Waals surface area contributed by atoms with Crippen LogP contribution in [0.4, 0.5) is 0 Å². The van der Waals surface area contributed by atoms with Crippen molar-refractivity contribution >= 4 is 33.6 Å². The molecule has 0 bridgehead atoms. The second-order valence-electron chi connectivity index (χ2n) is 7.48. The Bertz CT molecular complexity index is 1230. The molecule has 33 heavy (non-hydrogen) atoms. The lowest BCUT2D eigenvalue weighted by Gasteiger charge is -2.24. The summed E-state index contributed by atoms with van der Waals surface area (Å²) in [5.74, 6) is -0.829. The van der Waals surface area contributed by atoms with Crippen LogP contribution in [0.3, 0.4) is 0 Å². The molecule has 0 spiro atoms. The van der Waals surface area contributed by atoms with Crippen LogP contribution in [0.2, 0.25) is 0 Å². The quantitative estimate of drug-likeness (QED) is 0.539. The fourth-order valence-electron chi connectivity index (χ4n) is 3.67. The SMILES string of the molecule is NC(=O)C(NC(=O)C1SCCN1S(=O)(=O)c1ccc(-c2ccccc2)cc1)c1ccccc1. The Morgan fingerprint density at radius 3 is 2.09 bits per heavy atom. The van der Waals surface area contributed by atoms with Crippen LogP contribution in [0, 0.1) is 0 Å². The van der Waals surface area contributed by atoms with Gasteiger partial charge in [-0.3, -0.25) is 9.59 Å². The Balaban J connectivity index is 1.54. The Kier molecular flexibility index (Phi) is 6.83. The van der Waals surface area contributed by atoms with Gasteiger partial charge in [0.05, 0.1) is 4.90 Å². The van der Waals surface area contributed by atoms with E-state index < -0.39 is 33.3 Å². The maximum Gasteiger partial charge on any atom is 0.249 e. The zero-order chi connectivity index (χ0) is 23.4. The van der Waals surface area contributed by atoms with Crippen molar-refractivity contribution < 1.29 is 18.0 Å². The maximum atomic E-state index is 13.3. The minimum Gasteiger partial charge on any atom is -0.368 e. The molecule has 0 aromatic heterocycles. The van der Waals surface area contributed by atoms with E-state index >= 15 is 0 Å². The van der Waals surface area contributed by atoms with Crippen LogP contribution in [0.15, 0.2) is 89.8 Å². The number of rotatable bonds is 7. The highest BCUT2D eigenvalue weighted by Gasteiger charge is 2.41. The number of thioether (sulfide) groups is 1. The molecule has 0 saturated carbocycles. The summed E-state index contributed by atoms with van der Waals surface area (Å²) in [5.41, 5.74) is 7.91. The summed E-state index contributed by atoms with van der Waals surface area (Å²) >= 11 is 1.21. The lowest BCUT2D eigenvalue weighted by Crippen LogP contribution is -2.47. The van der Waals surface area contributed by atoms with Crippen molar-refractivity contribution in [2.75, 3.05) is 12.3 Å². The first-order valence-electron chi connectivity index (χ1n) is 10.3. The van der Waals surface area contributed by atoms with Gasteiger partial charge in [-0.25, -0.2) is 8.42 Å². The lowest BCUT2D eigenvalue weighted by molar-refractivity contribution is -0.128. The molecule has 1 heterocycles. The van der Waals surface area contributed by atoms with Gasteiger partial charge in [-0.1, -0.05) is 72.8 Å². The third-order valence-corrected chi connectivity index (χ3v) is 8.56. The number of hydrogen-bond acceptors (Lipinski definition) is 5. The second kappa shape index (κ2) is 9.78. The molecule has 3 aromatic rings. The first kappa shape index (κ1) is 23.0. The average molecular weight is 482 g/mol. The molecule has 1 aliphatic rings. The van der Waals surface area contributed by atoms with E-state index in [0.717, 1.165) is 11.1 Å². The van der Waals surface area contributed by atoms with Gasteiger partial charge in [0.25, 0.3) is 0 Å². The molecule has 0 aliphatic carbocycles. The first-order chi connectivity index (χ1) is 15.9. The van der Waals surface area contributed by atoms with E-state index in [0.29, 0.717) is 11.3 Å². The average Bonchev–Trinajstić information content (AvgIpc) is 3.35. The van der Waals surface area contributed by atoms with Gasteiger partial charge in [0, 0.05) is 12.3 Å². The highest BCUT2D eigenvalue weighted by atomic mass is 32.2. The number of carbonyl (C=O) groups excluding carboxylic acids is 2. The van der Waals surface area contributed by atoms with Crippen molar-refractivity contribution in [2.45, 2.75) is 16.3 Å². The van der Waals surface area contributed by atoms with Gasteiger partial charge in [0.15, 0.2) is 0 Å². The molecule has 0 radical (unpaired) electrons. The van der Waals surface area contributed by atoms with E-state index in [2.05, 4.69) is 5.32 Å². The van der Waals surface area contributed by atoms with E-state index in [-0.39, 0.29) is 11.4 Å². The van der Waals surface area contributed by atoms with Gasteiger partial charge in [-0.15, -0.1) is 11.8 Å². The Hall–Kier alpha value is -3.14. The van der Waals surface area contributed by atoms with E-state index in [4.69, 9.17) is 5.73 Å². The predicted octanol–water partition coefficient (Wildman–Crippen LogP) is 2.76. The normalized spacial score (nSPS) is 17.4. The van der Waals surface area contributed by atoms with Crippen LogP contribution in [0.25, 0.3) is 11.1 Å². The molecule has 2 unspecified atom stereocenters. The molecule has 9 heteroatoms. The van der Waals surface area contributed by atoms with Crippen LogP contribution >= 0.6 is 11.8 Å². The number of primary amides is 1. The highest BCUT2D eigenvalue weighted by Crippen LogP contribution is 2.31. The van der Waals surface area contributed by atoms with Crippen molar-refractivity contribution in [1.82, 2.24) is 9.62 Å². The number of carbonyl (C=O) groups is 2. The molecule has 1 fully saturated rings. The summed E-state index contributed by atoms with van der Waals surface area (Å²) in [6.45, 7) is 0.193. The summed E-state index contributed by atoms with van der Waals surface area (Å²) in [4.78, 5) is 25.1. The minimum absolute atomic E-state index is 0.108. The zero-order valence-electron chi connectivity index (χ0n) is 17.6. The highest BCUT2D eigenvalue weighted by molar-refractivity contribution is 8.02. The fraction of sp³-hybridized carbons (Fsp3) is 0.167. The van der Waals surface area contributed by atoms with E-state index in [1.807, 2.05) is 30.3 Å². The number of benzene rings is 3. The standard InChI is InChI=1S/C24H23N3O4S2/c25-22(28)21(19-9-5-2-6-10-19)26-23(29)24-27(15-16-32-24)33(30,31)20-13-11-18(12-14-20)17-7-3-1-4-8-17/h1-14,21,24H,15-16H2,(H2,25,28)(H,26,29). The van der Waals surface area contributed by atoms with Crippen molar-refractivity contribution in [2.24, 2.45) is 5.73 Å². The number of nitrogens with two attached hydrogens (primary N) is 1. The van der Waals surface area contributed by atoms with Crippen molar-refractivity contribution in [3.8, 4) is 11.1 Å². The molecule has 1 saturated heterocycles. The van der Waals surface area contributed by atoms with Crippen LogP contribution in [-0.2, 0) is 19.6 Å². The minimum atomic E-state index is -3.92. The monoisotopic (exact) mass is 481 g/mol. The fourth-order valence-corrected chi connectivity index (χ4v) is 6.76. The largest absolute Gasteiger partial charge is 0.368 e. The zero-order valence-corrected chi connectivity index (χ0v) is 19.3. The summed E-state index contributed by atoms with van der Waals surface area (Å²) in [7, 11) is -3.92. The third kappa shape index (κ3) is 4.95. The number of sulfonamides is 1. The van der Waals surface area contributed by atoms with Crippen molar-refractivity contribution in [3.63, 3.8) is 0 Å². The number of hydrogen-bond donors (Lipinski definition) is 2.